The molecule has 0 radical (unpaired) electrons. The first-order valence-corrected chi connectivity index (χ1v) is 9.74. The maximum Gasteiger partial charge on any atom is 0.236 e. The van der Waals surface area contributed by atoms with Crippen LogP contribution >= 0.6 is 11.8 Å². The zero-order valence-corrected chi connectivity index (χ0v) is 13.9. The second kappa shape index (κ2) is 8.11. The fraction of sp³-hybridized carbons (Fsp3) is 0.917. The molecule has 5 nitrogen and oxygen atoms in total. The molecule has 0 rings (SSSR count). The molecule has 0 saturated heterocycles. The van der Waals surface area contributed by atoms with Crippen molar-refractivity contribution in [3.05, 3.63) is 0 Å². The minimum Gasteiger partial charge on any atom is -0.353 e. The monoisotopic (exact) mass is 310 g/mol. The molecule has 1 amide bonds. The quantitative estimate of drug-likeness (QED) is 0.657. The minimum absolute atomic E-state index is 0.0339. The molecule has 0 aliphatic carbocycles. The third-order valence-electron chi connectivity index (χ3n) is 3.44. The number of thioether (sulfide) groups is 1. The molecule has 0 heterocycles. The van der Waals surface area contributed by atoms with Crippen molar-refractivity contribution in [3.63, 3.8) is 0 Å². The molecule has 0 aromatic heterocycles. The number of nitrogens with two attached hydrogens (primary N) is 1. The van der Waals surface area contributed by atoms with E-state index in [9.17, 15) is 13.2 Å². The Balaban J connectivity index is 4.30. The van der Waals surface area contributed by atoms with Crippen molar-refractivity contribution in [2.24, 2.45) is 5.73 Å². The van der Waals surface area contributed by atoms with Crippen molar-refractivity contribution in [1.29, 1.82) is 0 Å². The topological polar surface area (TPSA) is 89.3 Å². The number of nitrogens with one attached hydrogen (secondary N) is 1. The van der Waals surface area contributed by atoms with E-state index < -0.39 is 15.9 Å². The van der Waals surface area contributed by atoms with Crippen LogP contribution in [0.1, 0.15) is 33.1 Å². The highest BCUT2D eigenvalue weighted by atomic mass is 32.2. The van der Waals surface area contributed by atoms with Gasteiger partial charge in [0.2, 0.25) is 5.91 Å². The average molecular weight is 310 g/mol. The van der Waals surface area contributed by atoms with Crippen LogP contribution in [0.3, 0.4) is 0 Å². The number of rotatable bonds is 9. The van der Waals surface area contributed by atoms with Crippen LogP contribution in [-0.4, -0.2) is 49.9 Å². The number of sulfone groups is 1. The van der Waals surface area contributed by atoms with Crippen molar-refractivity contribution in [2.75, 3.05) is 24.8 Å². The minimum atomic E-state index is -3.07. The number of hydrogen-bond acceptors (Lipinski definition) is 5. The van der Waals surface area contributed by atoms with E-state index in [4.69, 9.17) is 5.73 Å². The van der Waals surface area contributed by atoms with Gasteiger partial charge in [0.05, 0.1) is 11.8 Å². The van der Waals surface area contributed by atoms with E-state index in [1.165, 1.54) is 0 Å². The standard InChI is InChI=1S/C12H26N2O3S2/c1-5-12(6-2,18-3)9-14-11(15)10(13)7-8-19(4,16)17/h10H,5-9,13H2,1-4H3,(H,14,15). The Morgan fingerprint density at radius 2 is 1.89 bits per heavy atom. The maximum absolute atomic E-state index is 11.8. The first kappa shape index (κ1) is 18.7. The summed E-state index contributed by atoms with van der Waals surface area (Å²) in [7, 11) is -3.07. The zero-order valence-electron chi connectivity index (χ0n) is 12.2. The lowest BCUT2D eigenvalue weighted by atomic mass is 10.0. The Labute approximate surface area is 121 Å². The first-order valence-electron chi connectivity index (χ1n) is 6.46. The molecule has 7 heteroatoms. The lowest BCUT2D eigenvalue weighted by molar-refractivity contribution is -0.122. The molecule has 1 unspecified atom stereocenters. The number of hydrogen-bond donors (Lipinski definition) is 2. The highest BCUT2D eigenvalue weighted by molar-refractivity contribution is 8.00. The Kier molecular flexibility index (Phi) is 8.00. The molecule has 114 valence electrons. The maximum atomic E-state index is 11.8. The Hall–Kier alpha value is -0.270. The van der Waals surface area contributed by atoms with Gasteiger partial charge >= 0.3 is 0 Å². The van der Waals surface area contributed by atoms with Crippen LogP contribution in [-0.2, 0) is 14.6 Å². The van der Waals surface area contributed by atoms with Gasteiger partial charge in [-0.05, 0) is 25.5 Å². The summed E-state index contributed by atoms with van der Waals surface area (Å²) in [6.45, 7) is 4.75. The molecule has 0 saturated carbocycles. The SMILES string of the molecule is CCC(CC)(CNC(=O)C(N)CCS(C)(=O)=O)SC. The molecule has 1 atom stereocenters. The molecular formula is C12H26N2O3S2. The number of amides is 1. The third-order valence-corrected chi connectivity index (χ3v) is 6.01. The Bertz CT molecular complexity index is 370. The van der Waals surface area contributed by atoms with Gasteiger partial charge < -0.3 is 11.1 Å². The summed E-state index contributed by atoms with van der Waals surface area (Å²) in [6.07, 6.45) is 5.26. The van der Waals surface area contributed by atoms with E-state index in [2.05, 4.69) is 19.2 Å². The van der Waals surface area contributed by atoms with E-state index in [1.54, 1.807) is 11.8 Å². The van der Waals surface area contributed by atoms with Gasteiger partial charge in [-0.15, -0.1) is 0 Å². The molecular weight excluding hydrogens is 284 g/mol. The number of carbonyl (C=O) groups excluding carboxylic acids is 1. The van der Waals surface area contributed by atoms with Crippen LogP contribution in [0, 0.1) is 0 Å². The average Bonchev–Trinajstić information content (AvgIpc) is 2.37. The molecule has 0 bridgehead atoms. The fourth-order valence-electron chi connectivity index (χ4n) is 1.71. The first-order chi connectivity index (χ1) is 8.69. The van der Waals surface area contributed by atoms with Crippen molar-refractivity contribution < 1.29 is 13.2 Å². The van der Waals surface area contributed by atoms with Crippen molar-refractivity contribution in [2.45, 2.75) is 43.9 Å². The number of carbonyl (C=O) groups is 1. The zero-order chi connectivity index (χ0) is 15.1. The molecule has 0 aromatic rings. The van der Waals surface area contributed by atoms with E-state index >= 15 is 0 Å². The predicted molar refractivity (Wildman–Crippen MR) is 82.1 cm³/mol. The third kappa shape index (κ3) is 7.17. The van der Waals surface area contributed by atoms with Crippen LogP contribution < -0.4 is 11.1 Å². The lowest BCUT2D eigenvalue weighted by Crippen LogP contribution is -2.47. The molecule has 0 aliphatic rings. The summed E-state index contributed by atoms with van der Waals surface area (Å²) < 4.78 is 22.1. The Morgan fingerprint density at radius 3 is 2.26 bits per heavy atom. The van der Waals surface area contributed by atoms with Gasteiger partial charge in [-0.25, -0.2) is 8.42 Å². The normalized spacial score (nSPS) is 14.2. The molecule has 3 N–H and O–H groups in total. The van der Waals surface area contributed by atoms with Crippen LogP contribution in [0.25, 0.3) is 0 Å². The van der Waals surface area contributed by atoms with Crippen molar-refractivity contribution in [1.82, 2.24) is 5.32 Å². The fourth-order valence-corrected chi connectivity index (χ4v) is 3.19. The van der Waals surface area contributed by atoms with Gasteiger partial charge in [0, 0.05) is 17.5 Å². The van der Waals surface area contributed by atoms with E-state index in [1.807, 2.05) is 6.26 Å². The van der Waals surface area contributed by atoms with Gasteiger partial charge in [-0.1, -0.05) is 13.8 Å². The largest absolute Gasteiger partial charge is 0.353 e. The van der Waals surface area contributed by atoms with E-state index in [0.717, 1.165) is 19.1 Å². The Morgan fingerprint density at radius 1 is 1.37 bits per heavy atom. The summed E-state index contributed by atoms with van der Waals surface area (Å²) in [5.74, 6) is -0.333. The second-order valence-corrected chi connectivity index (χ2v) is 8.37. The van der Waals surface area contributed by atoms with Gasteiger partial charge in [0.25, 0.3) is 0 Å². The van der Waals surface area contributed by atoms with Gasteiger partial charge in [0.1, 0.15) is 9.84 Å². The van der Waals surface area contributed by atoms with Gasteiger partial charge in [0.15, 0.2) is 0 Å². The second-order valence-electron chi connectivity index (χ2n) is 4.84. The van der Waals surface area contributed by atoms with E-state index in [0.29, 0.717) is 6.54 Å². The van der Waals surface area contributed by atoms with Crippen molar-refractivity contribution in [3.8, 4) is 0 Å². The summed E-state index contributed by atoms with van der Waals surface area (Å²) in [6, 6.07) is -0.761. The molecule has 0 fully saturated rings. The van der Waals surface area contributed by atoms with Crippen LogP contribution in [0.15, 0.2) is 0 Å². The van der Waals surface area contributed by atoms with Crippen molar-refractivity contribution >= 4 is 27.5 Å². The molecule has 0 aliphatic heterocycles. The van der Waals surface area contributed by atoms with Gasteiger partial charge in [-0.2, -0.15) is 11.8 Å². The summed E-state index contributed by atoms with van der Waals surface area (Å²) in [5, 5.41) is 2.83. The summed E-state index contributed by atoms with van der Waals surface area (Å²) in [5.41, 5.74) is 5.69. The summed E-state index contributed by atoms with van der Waals surface area (Å²) in [4.78, 5) is 11.8. The van der Waals surface area contributed by atoms with Gasteiger partial charge in [-0.3, -0.25) is 4.79 Å². The van der Waals surface area contributed by atoms with Crippen LogP contribution in [0.2, 0.25) is 0 Å². The van der Waals surface area contributed by atoms with Crippen LogP contribution in [0.4, 0.5) is 0 Å². The summed E-state index contributed by atoms with van der Waals surface area (Å²) >= 11 is 1.74. The van der Waals surface area contributed by atoms with Crippen LogP contribution in [0.5, 0.6) is 0 Å². The molecule has 0 spiro atoms. The molecule has 0 aromatic carbocycles. The highest BCUT2D eigenvalue weighted by Crippen LogP contribution is 2.29. The smallest absolute Gasteiger partial charge is 0.236 e. The molecule has 19 heavy (non-hydrogen) atoms. The van der Waals surface area contributed by atoms with E-state index in [-0.39, 0.29) is 22.8 Å². The lowest BCUT2D eigenvalue weighted by Gasteiger charge is -2.30. The highest BCUT2D eigenvalue weighted by Gasteiger charge is 2.26. The predicted octanol–water partition coefficient (Wildman–Crippen LogP) is 0.786.